The molecule has 1 amide bonds. The summed E-state index contributed by atoms with van der Waals surface area (Å²) >= 11 is 0. The molecule has 1 saturated heterocycles. The summed E-state index contributed by atoms with van der Waals surface area (Å²) in [5.41, 5.74) is 0.605. The van der Waals surface area contributed by atoms with Gasteiger partial charge in [0.15, 0.2) is 0 Å². The number of hydrogen-bond donors (Lipinski definition) is 1. The van der Waals surface area contributed by atoms with Gasteiger partial charge in [-0.3, -0.25) is 9.69 Å². The van der Waals surface area contributed by atoms with Crippen LogP contribution in [0.1, 0.15) is 29.0 Å². The zero-order valence-corrected chi connectivity index (χ0v) is 15.1. The van der Waals surface area contributed by atoms with E-state index < -0.39 is 0 Å². The summed E-state index contributed by atoms with van der Waals surface area (Å²) in [4.78, 5) is 14.5. The van der Waals surface area contributed by atoms with E-state index in [-0.39, 0.29) is 12.0 Å². The fraction of sp³-hybridized carbons (Fsp3) is 0.450. The number of nitrogens with zero attached hydrogens (tertiary/aromatic N) is 1. The minimum Gasteiger partial charge on any atom is -0.490 e. The minimum atomic E-state index is -0.110. The van der Waals surface area contributed by atoms with Gasteiger partial charge in [-0.15, -0.1) is 0 Å². The third-order valence-electron chi connectivity index (χ3n) is 4.48. The highest BCUT2D eigenvalue weighted by Crippen LogP contribution is 2.21. The van der Waals surface area contributed by atoms with Crippen molar-refractivity contribution >= 4 is 5.91 Å². The van der Waals surface area contributed by atoms with Crippen molar-refractivity contribution in [3.05, 3.63) is 54.0 Å². The number of nitrogens with one attached hydrogen (secondary N) is 1. The first kappa shape index (κ1) is 18.5. The maximum atomic E-state index is 12.1. The Balaban J connectivity index is 1.47. The fourth-order valence-electron chi connectivity index (χ4n) is 3.08. The number of likely N-dealkylation sites (tertiary alicyclic amines) is 1. The molecule has 0 radical (unpaired) electrons. The molecule has 0 unspecified atom stereocenters. The molecule has 1 aromatic carbocycles. The first-order valence-corrected chi connectivity index (χ1v) is 9.03. The van der Waals surface area contributed by atoms with Crippen LogP contribution in [-0.4, -0.2) is 50.3 Å². The second kappa shape index (κ2) is 9.40. The lowest BCUT2D eigenvalue weighted by molar-refractivity contribution is 0.0910. The number of carbonyl (C=O) groups excluding carboxylic acids is 1. The van der Waals surface area contributed by atoms with Crippen LogP contribution in [0.25, 0.3) is 0 Å². The summed E-state index contributed by atoms with van der Waals surface area (Å²) in [7, 11) is 1.61. The Morgan fingerprint density at radius 1 is 1.27 bits per heavy atom. The third kappa shape index (κ3) is 5.34. The largest absolute Gasteiger partial charge is 0.490 e. The Bertz CT molecular complexity index is 679. The standard InChI is InChI=1S/C20H26N2O4/c1-24-13-9-21-20(23)16-4-2-5-18(14-16)26-17-7-10-22(11-8-17)15-19-6-3-12-25-19/h2-6,12,14,17H,7-11,13,15H2,1H3,(H,21,23). The van der Waals surface area contributed by atoms with Crippen molar-refractivity contribution in [3.63, 3.8) is 0 Å². The molecule has 0 bridgehead atoms. The van der Waals surface area contributed by atoms with Gasteiger partial charge in [-0.2, -0.15) is 0 Å². The first-order valence-electron chi connectivity index (χ1n) is 9.03. The van der Waals surface area contributed by atoms with Gasteiger partial charge >= 0.3 is 0 Å². The molecule has 6 heteroatoms. The average molecular weight is 358 g/mol. The van der Waals surface area contributed by atoms with E-state index in [0.29, 0.717) is 18.7 Å². The van der Waals surface area contributed by atoms with Crippen molar-refractivity contribution in [2.45, 2.75) is 25.5 Å². The molecule has 0 aliphatic carbocycles. The van der Waals surface area contributed by atoms with E-state index in [1.165, 1.54) is 0 Å². The molecule has 2 aromatic rings. The van der Waals surface area contributed by atoms with Crippen LogP contribution in [0.4, 0.5) is 0 Å². The summed E-state index contributed by atoms with van der Waals surface area (Å²) in [5.74, 6) is 1.63. The molecule has 1 aliphatic rings. The molecule has 140 valence electrons. The number of methoxy groups -OCH3 is 1. The Hall–Kier alpha value is -2.31. The van der Waals surface area contributed by atoms with Crippen LogP contribution in [-0.2, 0) is 11.3 Å². The first-order chi connectivity index (χ1) is 12.7. The molecule has 6 nitrogen and oxygen atoms in total. The number of benzene rings is 1. The van der Waals surface area contributed by atoms with E-state index in [0.717, 1.165) is 44.0 Å². The molecular formula is C20H26N2O4. The van der Waals surface area contributed by atoms with Gasteiger partial charge in [-0.05, 0) is 43.2 Å². The van der Waals surface area contributed by atoms with Crippen LogP contribution in [0.3, 0.4) is 0 Å². The number of hydrogen-bond acceptors (Lipinski definition) is 5. The van der Waals surface area contributed by atoms with E-state index in [4.69, 9.17) is 13.9 Å². The zero-order valence-electron chi connectivity index (χ0n) is 15.1. The SMILES string of the molecule is COCCNC(=O)c1cccc(OC2CCN(Cc3ccco3)CC2)c1. The van der Waals surface area contributed by atoms with Gasteiger partial charge in [0.25, 0.3) is 5.91 Å². The van der Waals surface area contributed by atoms with Crippen molar-refractivity contribution in [1.82, 2.24) is 10.2 Å². The molecule has 1 aromatic heterocycles. The summed E-state index contributed by atoms with van der Waals surface area (Å²) in [6, 6.07) is 11.3. The molecule has 0 atom stereocenters. The van der Waals surface area contributed by atoms with Gasteiger partial charge in [-0.25, -0.2) is 0 Å². The van der Waals surface area contributed by atoms with E-state index in [1.54, 1.807) is 25.5 Å². The lowest BCUT2D eigenvalue weighted by atomic mass is 10.1. The quantitative estimate of drug-likeness (QED) is 0.735. The normalized spacial score (nSPS) is 15.7. The van der Waals surface area contributed by atoms with Crippen LogP contribution in [0, 0.1) is 0 Å². The van der Waals surface area contributed by atoms with Crippen LogP contribution < -0.4 is 10.1 Å². The van der Waals surface area contributed by atoms with Crippen LogP contribution in [0.15, 0.2) is 47.1 Å². The predicted octanol–water partition coefficient (Wildman–Crippen LogP) is 2.70. The van der Waals surface area contributed by atoms with Gasteiger partial charge in [0.1, 0.15) is 17.6 Å². The summed E-state index contributed by atoms with van der Waals surface area (Å²) < 4.78 is 16.5. The number of rotatable bonds is 8. The van der Waals surface area contributed by atoms with Crippen molar-refractivity contribution < 1.29 is 18.7 Å². The summed E-state index contributed by atoms with van der Waals surface area (Å²) in [6.07, 6.45) is 3.81. The van der Waals surface area contributed by atoms with Crippen LogP contribution in [0.5, 0.6) is 5.75 Å². The molecule has 1 N–H and O–H groups in total. The predicted molar refractivity (Wildman–Crippen MR) is 98.3 cm³/mol. The Morgan fingerprint density at radius 2 is 2.12 bits per heavy atom. The maximum absolute atomic E-state index is 12.1. The lowest BCUT2D eigenvalue weighted by Gasteiger charge is -2.31. The second-order valence-electron chi connectivity index (χ2n) is 6.45. The molecule has 1 aliphatic heterocycles. The van der Waals surface area contributed by atoms with E-state index in [1.807, 2.05) is 24.3 Å². The van der Waals surface area contributed by atoms with Crippen molar-refractivity contribution in [2.75, 3.05) is 33.4 Å². The van der Waals surface area contributed by atoms with Crippen LogP contribution in [0.2, 0.25) is 0 Å². The lowest BCUT2D eigenvalue weighted by Crippen LogP contribution is -2.37. The topological polar surface area (TPSA) is 63.9 Å². The molecule has 26 heavy (non-hydrogen) atoms. The Kier molecular flexibility index (Phi) is 6.68. The van der Waals surface area contributed by atoms with E-state index in [2.05, 4.69) is 10.2 Å². The van der Waals surface area contributed by atoms with Gasteiger partial charge in [0.2, 0.25) is 0 Å². The number of ether oxygens (including phenoxy) is 2. The monoisotopic (exact) mass is 358 g/mol. The van der Waals surface area contributed by atoms with Crippen molar-refractivity contribution in [2.24, 2.45) is 0 Å². The Labute approximate surface area is 154 Å². The highest BCUT2D eigenvalue weighted by atomic mass is 16.5. The van der Waals surface area contributed by atoms with Crippen molar-refractivity contribution in [3.8, 4) is 5.75 Å². The molecule has 3 rings (SSSR count). The van der Waals surface area contributed by atoms with Gasteiger partial charge in [0, 0.05) is 32.3 Å². The maximum Gasteiger partial charge on any atom is 0.251 e. The second-order valence-corrected chi connectivity index (χ2v) is 6.45. The van der Waals surface area contributed by atoms with Gasteiger partial charge in [0.05, 0.1) is 19.4 Å². The van der Waals surface area contributed by atoms with E-state index in [9.17, 15) is 4.79 Å². The Morgan fingerprint density at radius 3 is 2.85 bits per heavy atom. The fourth-order valence-corrected chi connectivity index (χ4v) is 3.08. The molecule has 2 heterocycles. The van der Waals surface area contributed by atoms with E-state index >= 15 is 0 Å². The molecular weight excluding hydrogens is 332 g/mol. The third-order valence-corrected chi connectivity index (χ3v) is 4.48. The minimum absolute atomic E-state index is 0.110. The number of furan rings is 1. The highest BCUT2D eigenvalue weighted by molar-refractivity contribution is 5.94. The van der Waals surface area contributed by atoms with Crippen LogP contribution >= 0.6 is 0 Å². The van der Waals surface area contributed by atoms with Crippen molar-refractivity contribution in [1.29, 1.82) is 0 Å². The smallest absolute Gasteiger partial charge is 0.251 e. The van der Waals surface area contributed by atoms with Gasteiger partial charge in [-0.1, -0.05) is 6.07 Å². The number of piperidine rings is 1. The summed E-state index contributed by atoms with van der Waals surface area (Å²) in [6.45, 7) is 3.79. The zero-order chi connectivity index (χ0) is 18.2. The number of carbonyl (C=O) groups is 1. The number of amides is 1. The average Bonchev–Trinajstić information content (AvgIpc) is 3.17. The molecule has 0 spiro atoms. The van der Waals surface area contributed by atoms with Gasteiger partial charge < -0.3 is 19.2 Å². The molecule has 0 saturated carbocycles. The summed E-state index contributed by atoms with van der Waals surface area (Å²) in [5, 5.41) is 2.82. The highest BCUT2D eigenvalue weighted by Gasteiger charge is 2.21. The molecule has 1 fully saturated rings.